The first-order valence-corrected chi connectivity index (χ1v) is 11.7. The molecule has 0 unspecified atom stereocenters. The van der Waals surface area contributed by atoms with Gasteiger partial charge in [0.2, 0.25) is 17.7 Å². The van der Waals surface area contributed by atoms with Crippen LogP contribution in [-0.2, 0) is 14.4 Å². The predicted octanol–water partition coefficient (Wildman–Crippen LogP) is 3.81. The molecule has 2 aromatic rings. The number of nitrogens with one attached hydrogen (secondary N) is 1. The third-order valence-electron chi connectivity index (χ3n) is 5.88. The summed E-state index contributed by atoms with van der Waals surface area (Å²) < 4.78 is 0. The van der Waals surface area contributed by atoms with Gasteiger partial charge in [-0.1, -0.05) is 60.7 Å². The third-order valence-corrected chi connectivity index (χ3v) is 5.88. The molecule has 1 N–H and O–H groups in total. The molecule has 0 saturated carbocycles. The van der Waals surface area contributed by atoms with E-state index in [-0.39, 0.29) is 30.2 Å². The lowest BCUT2D eigenvalue weighted by Gasteiger charge is -2.31. The SMILES string of the molecule is CC(=O)N1CCCCN(C(=O)/C=C/c2ccccc2)CCCNC(=O)C[C@H]1c1ccccc1. The van der Waals surface area contributed by atoms with Crippen molar-refractivity contribution in [3.63, 3.8) is 0 Å². The molecule has 3 rings (SSSR count). The second-order valence-corrected chi connectivity index (χ2v) is 8.32. The smallest absolute Gasteiger partial charge is 0.246 e. The van der Waals surface area contributed by atoms with Gasteiger partial charge in [0.15, 0.2) is 0 Å². The van der Waals surface area contributed by atoms with Gasteiger partial charge in [-0.15, -0.1) is 0 Å². The van der Waals surface area contributed by atoms with Crippen LogP contribution < -0.4 is 5.32 Å². The van der Waals surface area contributed by atoms with E-state index in [0.717, 1.165) is 24.0 Å². The van der Waals surface area contributed by atoms with Crippen LogP contribution >= 0.6 is 0 Å². The van der Waals surface area contributed by atoms with Crippen molar-refractivity contribution in [2.24, 2.45) is 0 Å². The monoisotopic (exact) mass is 447 g/mol. The minimum Gasteiger partial charge on any atom is -0.356 e. The molecule has 1 fully saturated rings. The molecule has 1 aliphatic rings. The topological polar surface area (TPSA) is 69.7 Å². The molecule has 6 nitrogen and oxygen atoms in total. The van der Waals surface area contributed by atoms with Gasteiger partial charge in [0.05, 0.1) is 12.5 Å². The number of hydrogen-bond donors (Lipinski definition) is 1. The molecular formula is C27H33N3O3. The van der Waals surface area contributed by atoms with Crippen LogP contribution in [0.25, 0.3) is 6.08 Å². The maximum absolute atomic E-state index is 12.8. The minimum atomic E-state index is -0.295. The molecule has 1 aliphatic heterocycles. The fourth-order valence-electron chi connectivity index (χ4n) is 4.12. The van der Waals surface area contributed by atoms with Gasteiger partial charge in [-0.2, -0.15) is 0 Å². The molecule has 174 valence electrons. The normalized spacial score (nSPS) is 18.7. The summed E-state index contributed by atoms with van der Waals surface area (Å²) in [5.41, 5.74) is 1.94. The maximum atomic E-state index is 12.8. The second-order valence-electron chi connectivity index (χ2n) is 8.32. The molecular weight excluding hydrogens is 414 g/mol. The Morgan fingerprint density at radius 2 is 1.55 bits per heavy atom. The summed E-state index contributed by atoms with van der Waals surface area (Å²) in [7, 11) is 0. The lowest BCUT2D eigenvalue weighted by atomic mass is 10.0. The highest BCUT2D eigenvalue weighted by atomic mass is 16.2. The van der Waals surface area contributed by atoms with Gasteiger partial charge in [0.25, 0.3) is 0 Å². The van der Waals surface area contributed by atoms with E-state index >= 15 is 0 Å². The van der Waals surface area contributed by atoms with Crippen LogP contribution in [0.2, 0.25) is 0 Å². The lowest BCUT2D eigenvalue weighted by Crippen LogP contribution is -2.37. The Morgan fingerprint density at radius 3 is 2.24 bits per heavy atom. The Labute approximate surface area is 196 Å². The molecule has 0 radical (unpaired) electrons. The van der Waals surface area contributed by atoms with Crippen molar-refractivity contribution in [1.29, 1.82) is 0 Å². The summed E-state index contributed by atoms with van der Waals surface area (Å²) in [5.74, 6) is -0.174. The Bertz CT molecular complexity index is 944. The molecule has 1 heterocycles. The zero-order valence-corrected chi connectivity index (χ0v) is 19.3. The quantitative estimate of drug-likeness (QED) is 0.728. The minimum absolute atomic E-state index is 0.0364. The van der Waals surface area contributed by atoms with Gasteiger partial charge in [0.1, 0.15) is 0 Å². The van der Waals surface area contributed by atoms with E-state index in [9.17, 15) is 14.4 Å². The highest BCUT2D eigenvalue weighted by molar-refractivity contribution is 5.91. The van der Waals surface area contributed by atoms with Gasteiger partial charge >= 0.3 is 0 Å². The summed E-state index contributed by atoms with van der Waals surface area (Å²) in [6.45, 7) is 3.79. The van der Waals surface area contributed by atoms with Crippen molar-refractivity contribution < 1.29 is 14.4 Å². The van der Waals surface area contributed by atoms with Crippen LogP contribution in [0.4, 0.5) is 0 Å². The zero-order valence-electron chi connectivity index (χ0n) is 19.3. The van der Waals surface area contributed by atoms with E-state index in [0.29, 0.717) is 32.6 Å². The van der Waals surface area contributed by atoms with Crippen molar-refractivity contribution in [1.82, 2.24) is 15.1 Å². The number of amides is 3. The first kappa shape index (κ1) is 24.2. The summed E-state index contributed by atoms with van der Waals surface area (Å²) >= 11 is 0. The number of rotatable bonds is 3. The van der Waals surface area contributed by atoms with Crippen LogP contribution in [0.1, 0.15) is 49.8 Å². The van der Waals surface area contributed by atoms with Crippen LogP contribution in [-0.4, -0.2) is 53.7 Å². The lowest BCUT2D eigenvalue weighted by molar-refractivity contribution is -0.133. The van der Waals surface area contributed by atoms with E-state index in [1.807, 2.05) is 71.6 Å². The average Bonchev–Trinajstić information content (AvgIpc) is 2.85. The van der Waals surface area contributed by atoms with Gasteiger partial charge in [0, 0.05) is 39.2 Å². The number of hydrogen-bond acceptors (Lipinski definition) is 3. The molecule has 0 spiro atoms. The summed E-state index contributed by atoms with van der Waals surface area (Å²) in [4.78, 5) is 41.6. The van der Waals surface area contributed by atoms with Crippen molar-refractivity contribution in [2.75, 3.05) is 26.2 Å². The Balaban J connectivity index is 1.70. The summed E-state index contributed by atoms with van der Waals surface area (Å²) in [6.07, 6.45) is 5.90. The summed E-state index contributed by atoms with van der Waals surface area (Å²) in [6, 6.07) is 19.2. The summed E-state index contributed by atoms with van der Waals surface area (Å²) in [5, 5.41) is 2.96. The number of carbonyl (C=O) groups is 3. The number of benzene rings is 2. The number of carbonyl (C=O) groups excluding carboxylic acids is 3. The van der Waals surface area contributed by atoms with Gasteiger partial charge in [-0.3, -0.25) is 14.4 Å². The standard InChI is InChI=1S/C27H33N3O3/c1-22(31)30-20-9-8-18-29(27(33)16-15-23-11-4-2-5-12-23)19-10-17-28-26(32)21-25(30)24-13-6-3-7-14-24/h2-7,11-16,25H,8-10,17-21H2,1H3,(H,28,32)/b16-15+/t25-/m0/s1. The molecule has 0 aromatic heterocycles. The highest BCUT2D eigenvalue weighted by Crippen LogP contribution is 2.25. The Hall–Kier alpha value is -3.41. The second kappa shape index (κ2) is 12.6. The van der Waals surface area contributed by atoms with Gasteiger partial charge in [-0.25, -0.2) is 0 Å². The van der Waals surface area contributed by atoms with Crippen LogP contribution in [0.5, 0.6) is 0 Å². The zero-order chi connectivity index (χ0) is 23.5. The highest BCUT2D eigenvalue weighted by Gasteiger charge is 2.25. The molecule has 0 bridgehead atoms. The van der Waals surface area contributed by atoms with E-state index in [1.165, 1.54) is 0 Å². The maximum Gasteiger partial charge on any atom is 0.246 e. The fraction of sp³-hybridized carbons (Fsp3) is 0.370. The van der Waals surface area contributed by atoms with Crippen molar-refractivity contribution >= 4 is 23.8 Å². The first-order valence-electron chi connectivity index (χ1n) is 11.7. The molecule has 0 aliphatic carbocycles. The Kier molecular flexibility index (Phi) is 9.24. The van der Waals surface area contributed by atoms with Crippen LogP contribution in [0, 0.1) is 0 Å². The van der Waals surface area contributed by atoms with E-state index in [4.69, 9.17) is 0 Å². The fourth-order valence-corrected chi connectivity index (χ4v) is 4.12. The molecule has 33 heavy (non-hydrogen) atoms. The van der Waals surface area contributed by atoms with E-state index in [2.05, 4.69) is 5.32 Å². The van der Waals surface area contributed by atoms with Crippen molar-refractivity contribution in [2.45, 2.75) is 38.6 Å². The molecule has 6 heteroatoms. The Morgan fingerprint density at radius 1 is 0.909 bits per heavy atom. The number of nitrogens with zero attached hydrogens (tertiary/aromatic N) is 2. The van der Waals surface area contributed by atoms with Crippen LogP contribution in [0.3, 0.4) is 0 Å². The first-order chi connectivity index (χ1) is 16.0. The van der Waals surface area contributed by atoms with Crippen LogP contribution in [0.15, 0.2) is 66.7 Å². The average molecular weight is 448 g/mol. The van der Waals surface area contributed by atoms with Gasteiger partial charge in [-0.05, 0) is 36.5 Å². The molecule has 1 saturated heterocycles. The van der Waals surface area contributed by atoms with E-state index < -0.39 is 0 Å². The van der Waals surface area contributed by atoms with Gasteiger partial charge < -0.3 is 15.1 Å². The molecule has 1 atom stereocenters. The largest absolute Gasteiger partial charge is 0.356 e. The molecule has 2 aromatic carbocycles. The third kappa shape index (κ3) is 7.59. The molecule has 3 amide bonds. The van der Waals surface area contributed by atoms with Crippen molar-refractivity contribution in [3.05, 3.63) is 77.9 Å². The van der Waals surface area contributed by atoms with Crippen molar-refractivity contribution in [3.8, 4) is 0 Å². The predicted molar refractivity (Wildman–Crippen MR) is 130 cm³/mol. The van der Waals surface area contributed by atoms with E-state index in [1.54, 1.807) is 17.9 Å².